The van der Waals surface area contributed by atoms with E-state index < -0.39 is 5.54 Å². The highest BCUT2D eigenvalue weighted by atomic mass is 16.5. The van der Waals surface area contributed by atoms with Crippen LogP contribution in [0.3, 0.4) is 0 Å². The van der Waals surface area contributed by atoms with Gasteiger partial charge in [-0.3, -0.25) is 4.79 Å². The predicted octanol–water partition coefficient (Wildman–Crippen LogP) is 2.35. The minimum absolute atomic E-state index is 0.0829. The molecule has 0 spiro atoms. The van der Waals surface area contributed by atoms with Crippen LogP contribution in [0.1, 0.15) is 47.0 Å². The van der Waals surface area contributed by atoms with Gasteiger partial charge in [-0.05, 0) is 44.6 Å². The zero-order chi connectivity index (χ0) is 12.4. The van der Waals surface area contributed by atoms with Gasteiger partial charge >= 0.3 is 5.97 Å². The van der Waals surface area contributed by atoms with E-state index in [4.69, 9.17) is 4.74 Å². The molecule has 1 aliphatic carbocycles. The molecule has 3 nitrogen and oxygen atoms in total. The van der Waals surface area contributed by atoms with Crippen LogP contribution in [0.5, 0.6) is 0 Å². The maximum absolute atomic E-state index is 12.1. The van der Waals surface area contributed by atoms with Crippen molar-refractivity contribution in [2.45, 2.75) is 52.5 Å². The predicted molar refractivity (Wildman–Crippen MR) is 65.2 cm³/mol. The molecular formula is C13H25NO2. The quantitative estimate of drug-likeness (QED) is 0.752. The van der Waals surface area contributed by atoms with Gasteiger partial charge in [-0.25, -0.2) is 0 Å². The van der Waals surface area contributed by atoms with Crippen molar-refractivity contribution in [1.82, 2.24) is 5.32 Å². The molecule has 3 heteroatoms. The summed E-state index contributed by atoms with van der Waals surface area (Å²) in [6.07, 6.45) is 3.00. The van der Waals surface area contributed by atoms with Crippen LogP contribution >= 0.6 is 0 Å². The Balaban J connectivity index is 2.85. The lowest BCUT2D eigenvalue weighted by Crippen LogP contribution is -2.59. The molecule has 0 radical (unpaired) electrons. The second-order valence-electron chi connectivity index (χ2n) is 5.71. The van der Waals surface area contributed by atoms with Crippen LogP contribution in [-0.4, -0.2) is 25.2 Å². The first-order valence-electron chi connectivity index (χ1n) is 6.24. The van der Waals surface area contributed by atoms with E-state index in [1.54, 1.807) is 0 Å². The molecule has 0 aromatic carbocycles. The number of carbonyl (C=O) groups excluding carboxylic acids is 1. The van der Waals surface area contributed by atoms with Crippen molar-refractivity contribution in [2.75, 3.05) is 13.7 Å². The van der Waals surface area contributed by atoms with Gasteiger partial charge in [-0.2, -0.15) is 0 Å². The fourth-order valence-electron chi connectivity index (χ4n) is 2.92. The number of esters is 1. The average Bonchev–Trinajstić information content (AvgIpc) is 2.17. The zero-order valence-electron chi connectivity index (χ0n) is 11.2. The van der Waals surface area contributed by atoms with Crippen LogP contribution in [0.4, 0.5) is 0 Å². The van der Waals surface area contributed by atoms with E-state index in [1.807, 2.05) is 14.0 Å². The minimum Gasteiger partial charge on any atom is -0.465 e. The zero-order valence-corrected chi connectivity index (χ0v) is 11.2. The molecule has 1 fully saturated rings. The van der Waals surface area contributed by atoms with Crippen LogP contribution in [-0.2, 0) is 9.53 Å². The summed E-state index contributed by atoms with van der Waals surface area (Å²) in [5.41, 5.74) is -0.127. The fraction of sp³-hybridized carbons (Fsp3) is 0.923. The van der Waals surface area contributed by atoms with Gasteiger partial charge in [0.15, 0.2) is 0 Å². The van der Waals surface area contributed by atoms with Crippen molar-refractivity contribution in [3.05, 3.63) is 0 Å². The van der Waals surface area contributed by atoms with Crippen LogP contribution in [0.15, 0.2) is 0 Å². The summed E-state index contributed by atoms with van der Waals surface area (Å²) in [4.78, 5) is 12.1. The highest BCUT2D eigenvalue weighted by Gasteiger charge is 2.49. The Kier molecular flexibility index (Phi) is 4.00. The Morgan fingerprint density at radius 3 is 2.50 bits per heavy atom. The fourth-order valence-corrected chi connectivity index (χ4v) is 2.92. The molecule has 1 aliphatic rings. The molecule has 0 saturated heterocycles. The molecule has 0 aromatic heterocycles. The van der Waals surface area contributed by atoms with Crippen LogP contribution < -0.4 is 5.32 Å². The monoisotopic (exact) mass is 227 g/mol. The van der Waals surface area contributed by atoms with Crippen LogP contribution in [0.25, 0.3) is 0 Å². The average molecular weight is 227 g/mol. The van der Waals surface area contributed by atoms with E-state index >= 15 is 0 Å². The molecule has 2 unspecified atom stereocenters. The van der Waals surface area contributed by atoms with E-state index in [1.165, 1.54) is 0 Å². The molecule has 0 amide bonds. The third-order valence-corrected chi connectivity index (χ3v) is 3.98. The number of hydrogen-bond donors (Lipinski definition) is 1. The third-order valence-electron chi connectivity index (χ3n) is 3.98. The molecule has 0 aliphatic heterocycles. The molecular weight excluding hydrogens is 202 g/mol. The molecule has 1 N–H and O–H groups in total. The molecule has 94 valence electrons. The van der Waals surface area contributed by atoms with Crippen molar-refractivity contribution >= 4 is 5.97 Å². The maximum Gasteiger partial charge on any atom is 0.326 e. The summed E-state index contributed by atoms with van der Waals surface area (Å²) < 4.78 is 5.21. The first-order valence-corrected chi connectivity index (χ1v) is 6.24. The standard InChI is InChI=1S/C13H25NO2/c1-6-16-11(15)13(14-5)8-7-12(3,4)9-10(13)2/h10,14H,6-9H2,1-5H3. The molecule has 2 atom stereocenters. The van der Waals surface area contributed by atoms with Gasteiger partial charge in [0.25, 0.3) is 0 Å². The molecule has 0 heterocycles. The van der Waals surface area contributed by atoms with Crippen molar-refractivity contribution in [3.63, 3.8) is 0 Å². The van der Waals surface area contributed by atoms with Crippen LogP contribution in [0.2, 0.25) is 0 Å². The summed E-state index contributed by atoms with van der Waals surface area (Å²) in [5.74, 6) is 0.237. The molecule has 0 aromatic rings. The topological polar surface area (TPSA) is 38.3 Å². The second kappa shape index (κ2) is 4.74. The Morgan fingerprint density at radius 1 is 1.44 bits per heavy atom. The van der Waals surface area contributed by atoms with Crippen molar-refractivity contribution in [2.24, 2.45) is 11.3 Å². The summed E-state index contributed by atoms with van der Waals surface area (Å²) >= 11 is 0. The normalized spacial score (nSPS) is 33.4. The number of carbonyl (C=O) groups is 1. The summed E-state index contributed by atoms with van der Waals surface area (Å²) in [7, 11) is 1.87. The Bertz CT molecular complexity index is 263. The highest BCUT2D eigenvalue weighted by Crippen LogP contribution is 2.44. The minimum atomic E-state index is -0.467. The van der Waals surface area contributed by atoms with E-state index in [9.17, 15) is 4.79 Å². The molecule has 16 heavy (non-hydrogen) atoms. The SMILES string of the molecule is CCOC(=O)C1(NC)CCC(C)(C)CC1C. The summed E-state index contributed by atoms with van der Waals surface area (Å²) in [6, 6.07) is 0. The first kappa shape index (κ1) is 13.5. The van der Waals surface area contributed by atoms with Gasteiger partial charge in [0.2, 0.25) is 0 Å². The lowest BCUT2D eigenvalue weighted by atomic mass is 9.64. The van der Waals surface area contributed by atoms with E-state index in [-0.39, 0.29) is 5.97 Å². The number of ether oxygens (including phenoxy) is 1. The Hall–Kier alpha value is -0.570. The van der Waals surface area contributed by atoms with E-state index in [0.29, 0.717) is 17.9 Å². The van der Waals surface area contributed by atoms with Gasteiger partial charge in [-0.1, -0.05) is 20.8 Å². The highest BCUT2D eigenvalue weighted by molar-refractivity contribution is 5.81. The van der Waals surface area contributed by atoms with E-state index in [0.717, 1.165) is 19.3 Å². The molecule has 1 rings (SSSR count). The Labute approximate surface area is 98.9 Å². The van der Waals surface area contributed by atoms with Crippen LogP contribution in [0, 0.1) is 11.3 Å². The third kappa shape index (κ3) is 2.40. The molecule has 1 saturated carbocycles. The Morgan fingerprint density at radius 2 is 2.06 bits per heavy atom. The summed E-state index contributed by atoms with van der Waals surface area (Å²) in [6.45, 7) is 9.01. The first-order chi connectivity index (χ1) is 7.38. The van der Waals surface area contributed by atoms with Crippen molar-refractivity contribution < 1.29 is 9.53 Å². The smallest absolute Gasteiger partial charge is 0.326 e. The largest absolute Gasteiger partial charge is 0.465 e. The number of rotatable bonds is 3. The van der Waals surface area contributed by atoms with Gasteiger partial charge in [0, 0.05) is 0 Å². The summed E-state index contributed by atoms with van der Waals surface area (Å²) in [5, 5.41) is 3.22. The van der Waals surface area contributed by atoms with Crippen molar-refractivity contribution in [1.29, 1.82) is 0 Å². The maximum atomic E-state index is 12.1. The lowest BCUT2D eigenvalue weighted by Gasteiger charge is -2.46. The number of nitrogens with one attached hydrogen (secondary N) is 1. The van der Waals surface area contributed by atoms with Gasteiger partial charge in [-0.15, -0.1) is 0 Å². The van der Waals surface area contributed by atoms with Crippen molar-refractivity contribution in [3.8, 4) is 0 Å². The van der Waals surface area contributed by atoms with Gasteiger partial charge in [0.05, 0.1) is 6.61 Å². The number of likely N-dealkylation sites (N-methyl/N-ethyl adjacent to an activating group) is 1. The molecule has 0 bridgehead atoms. The number of hydrogen-bond acceptors (Lipinski definition) is 3. The second-order valence-corrected chi connectivity index (χ2v) is 5.71. The van der Waals surface area contributed by atoms with E-state index in [2.05, 4.69) is 26.1 Å². The lowest BCUT2D eigenvalue weighted by molar-refractivity contribution is -0.156. The van der Waals surface area contributed by atoms with Gasteiger partial charge in [0.1, 0.15) is 5.54 Å². The van der Waals surface area contributed by atoms with Gasteiger partial charge < -0.3 is 10.1 Å².